The summed E-state index contributed by atoms with van der Waals surface area (Å²) >= 11 is 0. The van der Waals surface area contributed by atoms with E-state index >= 15 is 0 Å². The molecule has 2 aromatic rings. The number of H-pyrrole nitrogens is 1. The van der Waals surface area contributed by atoms with Gasteiger partial charge in [-0.1, -0.05) is 13.8 Å². The molecule has 0 aromatic carbocycles. The van der Waals surface area contributed by atoms with Crippen molar-refractivity contribution in [3.05, 3.63) is 33.9 Å². The van der Waals surface area contributed by atoms with Gasteiger partial charge in [-0.15, -0.1) is 0 Å². The van der Waals surface area contributed by atoms with E-state index in [4.69, 9.17) is 5.11 Å². The number of rotatable bonds is 5. The summed E-state index contributed by atoms with van der Waals surface area (Å²) in [4.78, 5) is 39.7. The number of hydrogen-bond acceptors (Lipinski definition) is 4. The van der Waals surface area contributed by atoms with Gasteiger partial charge in [-0.3, -0.25) is 14.7 Å². The molecule has 0 aliphatic heterocycles. The minimum atomic E-state index is -1.10. The molecule has 0 spiro atoms. The standard InChI is InChI=1S/C14H18N4O4/c1-7(2)12(14(21)22)17-11(19)6-9-8(3)16-10-4-5-15-18(10)13(9)20/h4-5,7,12,15H,6H2,1-3H3,(H,17,19)(H,21,22)/t12-/m1/s1. The lowest BCUT2D eigenvalue weighted by atomic mass is 10.0. The Labute approximate surface area is 126 Å². The highest BCUT2D eigenvalue weighted by atomic mass is 16.4. The molecule has 0 unspecified atom stereocenters. The molecule has 8 heteroatoms. The molecule has 0 fully saturated rings. The van der Waals surface area contributed by atoms with E-state index in [0.29, 0.717) is 11.3 Å². The van der Waals surface area contributed by atoms with Crippen molar-refractivity contribution in [1.29, 1.82) is 0 Å². The van der Waals surface area contributed by atoms with Gasteiger partial charge in [0.25, 0.3) is 5.56 Å². The SMILES string of the molecule is Cc1nc2cc[nH]n2c(=O)c1CC(=O)N[C@@H](C(=O)O)C(C)C. The second-order valence-corrected chi connectivity index (χ2v) is 5.44. The van der Waals surface area contributed by atoms with Crippen molar-refractivity contribution >= 4 is 17.5 Å². The monoisotopic (exact) mass is 306 g/mol. The molecule has 118 valence electrons. The third-order valence-corrected chi connectivity index (χ3v) is 3.43. The Morgan fingerprint density at radius 1 is 1.45 bits per heavy atom. The van der Waals surface area contributed by atoms with Crippen LogP contribution < -0.4 is 10.9 Å². The van der Waals surface area contributed by atoms with Crippen LogP contribution in [0.1, 0.15) is 25.1 Å². The van der Waals surface area contributed by atoms with E-state index in [9.17, 15) is 14.4 Å². The molecule has 8 nitrogen and oxygen atoms in total. The van der Waals surface area contributed by atoms with Crippen LogP contribution in [0.4, 0.5) is 0 Å². The van der Waals surface area contributed by atoms with Crippen LogP contribution in [0, 0.1) is 12.8 Å². The minimum absolute atomic E-state index is 0.212. The molecule has 0 bridgehead atoms. The van der Waals surface area contributed by atoms with Crippen molar-refractivity contribution in [2.24, 2.45) is 5.92 Å². The van der Waals surface area contributed by atoms with Crippen molar-refractivity contribution in [2.45, 2.75) is 33.2 Å². The third-order valence-electron chi connectivity index (χ3n) is 3.43. The van der Waals surface area contributed by atoms with Crippen LogP contribution in [-0.4, -0.2) is 37.6 Å². The van der Waals surface area contributed by atoms with E-state index in [1.807, 2.05) is 0 Å². The first kappa shape index (κ1) is 15.7. The Morgan fingerprint density at radius 3 is 2.73 bits per heavy atom. The number of hydrogen-bond donors (Lipinski definition) is 3. The summed E-state index contributed by atoms with van der Waals surface area (Å²) in [5.74, 6) is -1.88. The summed E-state index contributed by atoms with van der Waals surface area (Å²) in [6, 6.07) is 0.662. The number of amides is 1. The smallest absolute Gasteiger partial charge is 0.326 e. The lowest BCUT2D eigenvalue weighted by molar-refractivity contribution is -0.143. The van der Waals surface area contributed by atoms with E-state index < -0.39 is 17.9 Å². The molecule has 2 rings (SSSR count). The highest BCUT2D eigenvalue weighted by molar-refractivity contribution is 5.85. The van der Waals surface area contributed by atoms with Crippen molar-refractivity contribution in [2.75, 3.05) is 0 Å². The highest BCUT2D eigenvalue weighted by Gasteiger charge is 2.24. The van der Waals surface area contributed by atoms with Crippen molar-refractivity contribution in [3.63, 3.8) is 0 Å². The Balaban J connectivity index is 2.25. The summed E-state index contributed by atoms with van der Waals surface area (Å²) in [6.45, 7) is 5.05. The molecule has 0 radical (unpaired) electrons. The molecular formula is C14H18N4O4. The van der Waals surface area contributed by atoms with Gasteiger partial charge in [-0.05, 0) is 12.8 Å². The summed E-state index contributed by atoms with van der Waals surface area (Å²) in [5, 5.41) is 14.2. The van der Waals surface area contributed by atoms with Crippen LogP contribution in [0.2, 0.25) is 0 Å². The molecule has 0 saturated heterocycles. The molecule has 2 heterocycles. The van der Waals surface area contributed by atoms with Crippen LogP contribution >= 0.6 is 0 Å². The number of carbonyl (C=O) groups is 2. The van der Waals surface area contributed by atoms with Crippen LogP contribution in [0.15, 0.2) is 17.1 Å². The van der Waals surface area contributed by atoms with Gasteiger partial charge in [0, 0.05) is 23.5 Å². The maximum Gasteiger partial charge on any atom is 0.326 e. The van der Waals surface area contributed by atoms with E-state index in [1.165, 1.54) is 4.52 Å². The van der Waals surface area contributed by atoms with Crippen LogP contribution in [0.5, 0.6) is 0 Å². The molecule has 0 aliphatic rings. The number of aliphatic carboxylic acids is 1. The molecule has 3 N–H and O–H groups in total. The average molecular weight is 306 g/mol. The Kier molecular flexibility index (Phi) is 4.30. The zero-order valence-corrected chi connectivity index (χ0v) is 12.6. The first-order valence-corrected chi connectivity index (χ1v) is 6.89. The number of aromatic amines is 1. The number of nitrogens with one attached hydrogen (secondary N) is 2. The fraction of sp³-hybridized carbons (Fsp3) is 0.429. The van der Waals surface area contributed by atoms with Crippen molar-refractivity contribution in [3.8, 4) is 0 Å². The number of aryl methyl sites for hydroxylation is 1. The van der Waals surface area contributed by atoms with Gasteiger partial charge in [-0.2, -0.15) is 0 Å². The number of fused-ring (bicyclic) bond motifs is 1. The number of carboxylic acid groups (broad SMARTS) is 1. The molecule has 0 saturated carbocycles. The van der Waals surface area contributed by atoms with Crippen molar-refractivity contribution < 1.29 is 14.7 Å². The van der Waals surface area contributed by atoms with Gasteiger partial charge in [-0.25, -0.2) is 14.3 Å². The molecule has 22 heavy (non-hydrogen) atoms. The maximum atomic E-state index is 12.3. The lowest BCUT2D eigenvalue weighted by Gasteiger charge is -2.18. The van der Waals surface area contributed by atoms with E-state index in [2.05, 4.69) is 15.4 Å². The second kappa shape index (κ2) is 6.00. The summed E-state index contributed by atoms with van der Waals surface area (Å²) in [7, 11) is 0. The number of aromatic nitrogens is 3. The fourth-order valence-corrected chi connectivity index (χ4v) is 2.21. The topological polar surface area (TPSA) is 117 Å². The second-order valence-electron chi connectivity index (χ2n) is 5.44. The van der Waals surface area contributed by atoms with Gasteiger partial charge in [0.15, 0.2) is 5.65 Å². The lowest BCUT2D eigenvalue weighted by Crippen LogP contribution is -2.45. The Hall–Kier alpha value is -2.64. The summed E-state index contributed by atoms with van der Waals surface area (Å²) in [5.41, 5.74) is 0.804. The molecule has 1 amide bonds. The van der Waals surface area contributed by atoms with E-state index in [1.54, 1.807) is 33.0 Å². The van der Waals surface area contributed by atoms with Crippen LogP contribution in [0.25, 0.3) is 5.65 Å². The number of nitrogens with zero attached hydrogens (tertiary/aromatic N) is 2. The van der Waals surface area contributed by atoms with Gasteiger partial charge in [0.05, 0.1) is 6.42 Å². The van der Waals surface area contributed by atoms with Crippen LogP contribution in [0.3, 0.4) is 0 Å². The molecule has 2 aromatic heterocycles. The highest BCUT2D eigenvalue weighted by Crippen LogP contribution is 2.06. The quantitative estimate of drug-likeness (QED) is 0.724. The Morgan fingerprint density at radius 2 is 2.14 bits per heavy atom. The van der Waals surface area contributed by atoms with Gasteiger partial charge >= 0.3 is 5.97 Å². The van der Waals surface area contributed by atoms with Gasteiger partial charge < -0.3 is 10.4 Å². The first-order valence-electron chi connectivity index (χ1n) is 6.89. The van der Waals surface area contributed by atoms with Crippen molar-refractivity contribution in [1.82, 2.24) is 19.9 Å². The van der Waals surface area contributed by atoms with Gasteiger partial charge in [0.1, 0.15) is 6.04 Å². The first-order chi connectivity index (χ1) is 10.3. The van der Waals surface area contributed by atoms with Gasteiger partial charge in [0.2, 0.25) is 5.91 Å². The zero-order valence-electron chi connectivity index (χ0n) is 12.6. The molecule has 1 atom stereocenters. The predicted octanol–water partition coefficient (Wildman–Crippen LogP) is 0.0989. The zero-order chi connectivity index (χ0) is 16.4. The number of carboxylic acids is 1. The minimum Gasteiger partial charge on any atom is -0.480 e. The van der Waals surface area contributed by atoms with E-state index in [-0.39, 0.29) is 23.5 Å². The predicted molar refractivity (Wildman–Crippen MR) is 78.7 cm³/mol. The summed E-state index contributed by atoms with van der Waals surface area (Å²) in [6.07, 6.45) is 1.36. The molecular weight excluding hydrogens is 288 g/mol. The third kappa shape index (κ3) is 3.00. The Bertz CT molecular complexity index is 775. The van der Waals surface area contributed by atoms with E-state index in [0.717, 1.165) is 0 Å². The normalized spacial score (nSPS) is 12.5. The maximum absolute atomic E-state index is 12.3. The fourth-order valence-electron chi connectivity index (χ4n) is 2.21. The average Bonchev–Trinajstić information content (AvgIpc) is 2.88. The summed E-state index contributed by atoms with van der Waals surface area (Å²) < 4.78 is 1.24. The largest absolute Gasteiger partial charge is 0.480 e. The number of carbonyl (C=O) groups excluding carboxylic acids is 1. The van der Waals surface area contributed by atoms with Crippen LogP contribution in [-0.2, 0) is 16.0 Å². The molecule has 0 aliphatic carbocycles.